The summed E-state index contributed by atoms with van der Waals surface area (Å²) in [5, 5.41) is 2.88. The number of unbranched alkanes of at least 4 members (excludes halogenated alkanes) is 2. The van der Waals surface area contributed by atoms with Crippen molar-refractivity contribution in [2.75, 3.05) is 11.4 Å². The van der Waals surface area contributed by atoms with Gasteiger partial charge in [-0.2, -0.15) is 0 Å². The molecule has 7 heteroatoms. The van der Waals surface area contributed by atoms with Gasteiger partial charge in [0.25, 0.3) is 5.91 Å². The highest BCUT2D eigenvalue weighted by Gasteiger charge is 2.21. The van der Waals surface area contributed by atoms with Gasteiger partial charge in [-0.15, -0.1) is 0 Å². The van der Waals surface area contributed by atoms with Gasteiger partial charge in [0.15, 0.2) is 0 Å². The van der Waals surface area contributed by atoms with Gasteiger partial charge in [0.05, 0.1) is 11.0 Å². The minimum atomic E-state index is -0.360. The van der Waals surface area contributed by atoms with E-state index < -0.39 is 0 Å². The van der Waals surface area contributed by atoms with E-state index in [4.69, 9.17) is 4.98 Å². The highest BCUT2D eigenvalue weighted by atomic mass is 19.1. The van der Waals surface area contributed by atoms with Crippen molar-refractivity contribution in [1.82, 2.24) is 14.9 Å². The topological polar surface area (TPSA) is 67.2 Å². The van der Waals surface area contributed by atoms with Crippen molar-refractivity contribution in [1.29, 1.82) is 0 Å². The molecule has 1 heterocycles. The van der Waals surface area contributed by atoms with E-state index in [-0.39, 0.29) is 30.2 Å². The summed E-state index contributed by atoms with van der Waals surface area (Å²) in [6.07, 6.45) is 3.35. The van der Waals surface area contributed by atoms with E-state index in [2.05, 4.69) is 5.32 Å². The lowest BCUT2D eigenvalue weighted by Gasteiger charge is -2.27. The fourth-order valence-electron chi connectivity index (χ4n) is 4.51. The smallest absolute Gasteiger partial charge is 0.251 e. The molecule has 4 rings (SSSR count). The van der Waals surface area contributed by atoms with E-state index in [1.54, 1.807) is 0 Å². The number of nitrogens with one attached hydrogen (secondary N) is 1. The molecule has 0 aliphatic heterocycles. The lowest BCUT2D eigenvalue weighted by molar-refractivity contribution is -0.119. The summed E-state index contributed by atoms with van der Waals surface area (Å²) >= 11 is 0. The second kappa shape index (κ2) is 12.3. The molecular weight excluding hydrogens is 467 g/mol. The number of halogens is 1. The van der Waals surface area contributed by atoms with E-state index in [9.17, 15) is 14.0 Å². The Balaban J connectivity index is 1.37. The number of carbonyl (C=O) groups excluding carboxylic acids is 2. The van der Waals surface area contributed by atoms with Crippen molar-refractivity contribution < 1.29 is 14.0 Å². The second-order valence-corrected chi connectivity index (χ2v) is 9.37. The van der Waals surface area contributed by atoms with Gasteiger partial charge in [-0.3, -0.25) is 9.59 Å². The summed E-state index contributed by atoms with van der Waals surface area (Å²) < 4.78 is 15.1. The summed E-state index contributed by atoms with van der Waals surface area (Å²) in [5.74, 6) is 0.352. The third-order valence-corrected chi connectivity index (χ3v) is 6.32. The predicted octanol–water partition coefficient (Wildman–Crippen LogP) is 5.76. The number of imidazole rings is 1. The molecule has 0 unspecified atom stereocenters. The Hall–Kier alpha value is -4.00. The first-order chi connectivity index (χ1) is 17.9. The fourth-order valence-corrected chi connectivity index (χ4v) is 4.51. The Kier molecular flexibility index (Phi) is 8.67. The molecule has 0 aliphatic carbocycles. The van der Waals surface area contributed by atoms with Crippen molar-refractivity contribution >= 4 is 28.5 Å². The van der Waals surface area contributed by atoms with Gasteiger partial charge in [0.1, 0.15) is 18.2 Å². The molecule has 0 radical (unpaired) electrons. The molecular formula is C30H33FN4O2. The van der Waals surface area contributed by atoms with Crippen molar-refractivity contribution in [3.63, 3.8) is 0 Å². The van der Waals surface area contributed by atoms with Crippen LogP contribution in [0.2, 0.25) is 0 Å². The van der Waals surface area contributed by atoms with Gasteiger partial charge >= 0.3 is 0 Å². The molecule has 0 fully saturated rings. The molecule has 0 aliphatic rings. The highest BCUT2D eigenvalue weighted by Crippen LogP contribution is 2.21. The van der Waals surface area contributed by atoms with E-state index >= 15 is 0 Å². The lowest BCUT2D eigenvalue weighted by Crippen LogP contribution is -2.39. The van der Waals surface area contributed by atoms with Crippen LogP contribution in [0.1, 0.15) is 49.3 Å². The Labute approximate surface area is 217 Å². The maximum atomic E-state index is 13.5. The van der Waals surface area contributed by atoms with Crippen molar-refractivity contribution in [3.05, 3.63) is 96.1 Å². The van der Waals surface area contributed by atoms with E-state index in [1.807, 2.05) is 77.9 Å². The molecule has 3 aromatic carbocycles. The minimum Gasteiger partial charge on any atom is -0.352 e. The van der Waals surface area contributed by atoms with Crippen molar-refractivity contribution in [2.45, 2.75) is 52.1 Å². The third-order valence-electron chi connectivity index (χ3n) is 6.32. The number of fused-ring (bicyclic) bond motifs is 1. The number of hydrogen-bond acceptors (Lipinski definition) is 3. The van der Waals surface area contributed by atoms with Crippen LogP contribution >= 0.6 is 0 Å². The first-order valence-electron chi connectivity index (χ1n) is 12.8. The monoisotopic (exact) mass is 500 g/mol. The molecule has 1 aromatic heterocycles. The number of para-hydroxylation sites is 3. The highest BCUT2D eigenvalue weighted by molar-refractivity contribution is 5.95. The molecule has 0 bridgehead atoms. The number of hydrogen-bond donors (Lipinski definition) is 1. The Morgan fingerprint density at radius 3 is 2.35 bits per heavy atom. The molecule has 6 nitrogen and oxygen atoms in total. The van der Waals surface area contributed by atoms with Gasteiger partial charge in [-0.1, -0.05) is 36.8 Å². The number of aryl methyl sites for hydroxylation is 1. The number of amides is 2. The summed E-state index contributed by atoms with van der Waals surface area (Å²) in [5.41, 5.74) is 3.17. The first kappa shape index (κ1) is 26.1. The fraction of sp³-hybridized carbons (Fsp3) is 0.300. The zero-order chi connectivity index (χ0) is 26.2. The van der Waals surface area contributed by atoms with Crippen LogP contribution in [0.3, 0.4) is 0 Å². The zero-order valence-corrected chi connectivity index (χ0v) is 21.4. The third kappa shape index (κ3) is 6.61. The average Bonchev–Trinajstić information content (AvgIpc) is 3.24. The van der Waals surface area contributed by atoms with Crippen LogP contribution in [0.25, 0.3) is 11.0 Å². The zero-order valence-electron chi connectivity index (χ0n) is 21.4. The van der Waals surface area contributed by atoms with Gasteiger partial charge in [-0.05, 0) is 75.2 Å². The first-order valence-corrected chi connectivity index (χ1v) is 12.8. The predicted molar refractivity (Wildman–Crippen MR) is 145 cm³/mol. The molecule has 1 N–H and O–H groups in total. The van der Waals surface area contributed by atoms with Crippen molar-refractivity contribution in [2.24, 2.45) is 0 Å². The number of carbonyl (C=O) groups is 2. The second-order valence-electron chi connectivity index (χ2n) is 9.37. The molecule has 0 saturated carbocycles. The van der Waals surface area contributed by atoms with E-state index in [0.29, 0.717) is 12.1 Å². The van der Waals surface area contributed by atoms with Crippen LogP contribution in [-0.4, -0.2) is 34.0 Å². The Morgan fingerprint density at radius 2 is 1.62 bits per heavy atom. The van der Waals surface area contributed by atoms with Crippen LogP contribution in [0.5, 0.6) is 0 Å². The van der Waals surface area contributed by atoms with E-state index in [1.165, 1.54) is 24.3 Å². The Bertz CT molecular complexity index is 1330. The number of benzene rings is 3. The maximum Gasteiger partial charge on any atom is 0.251 e. The van der Waals surface area contributed by atoms with Gasteiger partial charge < -0.3 is 14.8 Å². The van der Waals surface area contributed by atoms with E-state index in [0.717, 1.165) is 48.2 Å². The number of rotatable bonds is 11. The van der Waals surface area contributed by atoms with Crippen LogP contribution in [0.4, 0.5) is 10.1 Å². The number of anilines is 1. The van der Waals surface area contributed by atoms with Crippen LogP contribution in [0.15, 0.2) is 78.9 Å². The van der Waals surface area contributed by atoms with Crippen LogP contribution in [-0.2, 0) is 17.8 Å². The maximum absolute atomic E-state index is 13.5. The molecule has 0 saturated heterocycles. The van der Waals surface area contributed by atoms with Gasteiger partial charge in [-0.25, -0.2) is 9.37 Å². The molecule has 0 atom stereocenters. The Morgan fingerprint density at radius 1 is 0.919 bits per heavy atom. The number of aromatic nitrogens is 2. The van der Waals surface area contributed by atoms with Crippen LogP contribution in [0, 0.1) is 5.82 Å². The summed E-state index contributed by atoms with van der Waals surface area (Å²) in [7, 11) is 0. The largest absolute Gasteiger partial charge is 0.352 e. The number of nitrogens with zero attached hydrogens (tertiary/aromatic N) is 3. The lowest BCUT2D eigenvalue weighted by atomic mass is 10.1. The van der Waals surface area contributed by atoms with Crippen molar-refractivity contribution in [3.8, 4) is 0 Å². The SMILES string of the molecule is CC(C)N(C(=O)Cn1c(CCCCCNC(=O)c2ccc(F)cc2)nc2ccccc21)c1ccccc1. The molecule has 0 spiro atoms. The summed E-state index contributed by atoms with van der Waals surface area (Å²) in [4.78, 5) is 32.3. The molecule has 4 aromatic rings. The molecule has 2 amide bonds. The van der Waals surface area contributed by atoms with Crippen LogP contribution < -0.4 is 10.2 Å². The normalized spacial score (nSPS) is 11.1. The summed E-state index contributed by atoms with van der Waals surface area (Å²) in [6, 6.07) is 23.2. The summed E-state index contributed by atoms with van der Waals surface area (Å²) in [6.45, 7) is 4.81. The standard InChI is InChI=1S/C30H33FN4O2/c1-22(2)35(25-11-5-3-6-12-25)29(36)21-34-27-14-9-8-13-26(27)33-28(34)15-7-4-10-20-32-30(37)23-16-18-24(31)19-17-23/h3,5-6,8-9,11-14,16-19,22H,4,7,10,15,20-21H2,1-2H3,(H,32,37). The molecule has 37 heavy (non-hydrogen) atoms. The molecule has 192 valence electrons. The van der Waals surface area contributed by atoms with Gasteiger partial charge in [0.2, 0.25) is 5.91 Å². The quantitative estimate of drug-likeness (QED) is 0.266. The van der Waals surface area contributed by atoms with Gasteiger partial charge in [0, 0.05) is 30.3 Å². The average molecular weight is 501 g/mol. The minimum absolute atomic E-state index is 0.0223.